The summed E-state index contributed by atoms with van der Waals surface area (Å²) in [6, 6.07) is 0. The lowest BCUT2D eigenvalue weighted by Crippen LogP contribution is -2.22. The molecule has 0 radical (unpaired) electrons. The first-order valence-electron chi connectivity index (χ1n) is 7.05. The predicted molar refractivity (Wildman–Crippen MR) is 78.4 cm³/mol. The molecule has 0 spiro atoms. The molecule has 106 valence electrons. The fraction of sp³-hybridized carbons (Fsp3) is 0.786. The molecule has 0 heterocycles. The Morgan fingerprint density at radius 1 is 1.17 bits per heavy atom. The normalized spacial score (nSPS) is 12.8. The molecule has 0 aromatic rings. The molecule has 5 N–H and O–H groups in total. The number of hydrogen-bond donors (Lipinski definition) is 3. The van der Waals surface area contributed by atoms with Crippen LogP contribution in [0.1, 0.15) is 58.3 Å². The number of nitrogens with zero attached hydrogens (tertiary/aromatic N) is 1. The molecule has 4 heteroatoms. The van der Waals surface area contributed by atoms with Crippen LogP contribution in [0.5, 0.6) is 0 Å². The molecule has 0 aliphatic heterocycles. The van der Waals surface area contributed by atoms with E-state index in [0.29, 0.717) is 6.54 Å². The van der Waals surface area contributed by atoms with Gasteiger partial charge in [-0.15, -0.1) is 0 Å². The van der Waals surface area contributed by atoms with E-state index in [9.17, 15) is 5.11 Å². The van der Waals surface area contributed by atoms with Gasteiger partial charge in [0.25, 0.3) is 0 Å². The standard InChI is InChI=1S/C14H29N3O/c1-2-3-4-5-7-10-13(18)11-8-6-9-12-17-14(15)16/h6,8,13,18H,2-5,7,9-12H2,1H3,(H4,15,16,17). The van der Waals surface area contributed by atoms with Gasteiger partial charge >= 0.3 is 0 Å². The molecular formula is C14H29N3O. The number of aliphatic hydroxyl groups is 1. The molecule has 0 fully saturated rings. The fourth-order valence-corrected chi connectivity index (χ4v) is 1.74. The third-order valence-electron chi connectivity index (χ3n) is 2.81. The monoisotopic (exact) mass is 255 g/mol. The van der Waals surface area contributed by atoms with Gasteiger partial charge in [-0.1, -0.05) is 51.2 Å². The summed E-state index contributed by atoms with van der Waals surface area (Å²) in [6.07, 6.45) is 12.5. The van der Waals surface area contributed by atoms with Crippen LogP contribution in [0.2, 0.25) is 0 Å². The maximum atomic E-state index is 9.73. The molecule has 0 aliphatic carbocycles. The molecule has 18 heavy (non-hydrogen) atoms. The number of aliphatic hydroxyl groups excluding tert-OH is 1. The van der Waals surface area contributed by atoms with Crippen LogP contribution in [0.15, 0.2) is 17.1 Å². The summed E-state index contributed by atoms with van der Waals surface area (Å²) in [7, 11) is 0. The van der Waals surface area contributed by atoms with Crippen LogP contribution in [0, 0.1) is 0 Å². The molecule has 0 amide bonds. The van der Waals surface area contributed by atoms with Gasteiger partial charge in [-0.2, -0.15) is 0 Å². The average molecular weight is 255 g/mol. The van der Waals surface area contributed by atoms with Gasteiger partial charge in [-0.05, 0) is 19.3 Å². The summed E-state index contributed by atoms with van der Waals surface area (Å²) in [5.74, 6) is 0.135. The Balaban J connectivity index is 3.37. The van der Waals surface area contributed by atoms with Crippen molar-refractivity contribution in [2.24, 2.45) is 16.5 Å². The summed E-state index contributed by atoms with van der Waals surface area (Å²) in [5, 5.41) is 9.73. The lowest BCUT2D eigenvalue weighted by molar-refractivity contribution is 0.163. The quantitative estimate of drug-likeness (QED) is 0.229. The minimum Gasteiger partial charge on any atom is -0.393 e. The van der Waals surface area contributed by atoms with Gasteiger partial charge in [0.05, 0.1) is 6.10 Å². The highest BCUT2D eigenvalue weighted by atomic mass is 16.3. The molecule has 0 saturated heterocycles. The van der Waals surface area contributed by atoms with E-state index in [2.05, 4.69) is 11.9 Å². The maximum absolute atomic E-state index is 9.73. The second kappa shape index (κ2) is 12.4. The van der Waals surface area contributed by atoms with Crippen LogP contribution in [0.4, 0.5) is 0 Å². The van der Waals surface area contributed by atoms with E-state index in [0.717, 1.165) is 25.7 Å². The molecule has 0 saturated carbocycles. The minimum absolute atomic E-state index is 0.135. The number of nitrogens with two attached hydrogens (primary N) is 2. The summed E-state index contributed by atoms with van der Waals surface area (Å²) >= 11 is 0. The van der Waals surface area contributed by atoms with Crippen molar-refractivity contribution in [3.05, 3.63) is 12.2 Å². The van der Waals surface area contributed by atoms with E-state index in [4.69, 9.17) is 11.5 Å². The Bertz CT molecular complexity index is 235. The lowest BCUT2D eigenvalue weighted by atomic mass is 10.1. The van der Waals surface area contributed by atoms with Crippen molar-refractivity contribution in [1.82, 2.24) is 0 Å². The van der Waals surface area contributed by atoms with Crippen molar-refractivity contribution in [3.8, 4) is 0 Å². The van der Waals surface area contributed by atoms with Crippen LogP contribution >= 0.6 is 0 Å². The fourth-order valence-electron chi connectivity index (χ4n) is 1.74. The number of aliphatic imine (C=N–C) groups is 1. The molecule has 1 unspecified atom stereocenters. The van der Waals surface area contributed by atoms with Crippen LogP contribution < -0.4 is 11.5 Å². The first-order chi connectivity index (χ1) is 8.66. The topological polar surface area (TPSA) is 84.6 Å². The molecule has 0 aromatic heterocycles. The molecule has 0 aromatic carbocycles. The molecule has 0 bridgehead atoms. The minimum atomic E-state index is -0.203. The Kier molecular flexibility index (Phi) is 11.7. The molecule has 4 nitrogen and oxygen atoms in total. The summed E-state index contributed by atoms with van der Waals surface area (Å²) in [6.45, 7) is 2.83. The predicted octanol–water partition coefficient (Wildman–Crippen LogP) is 2.32. The van der Waals surface area contributed by atoms with E-state index in [1.165, 1.54) is 25.7 Å². The zero-order chi connectivity index (χ0) is 13.6. The third-order valence-corrected chi connectivity index (χ3v) is 2.81. The average Bonchev–Trinajstić information content (AvgIpc) is 2.33. The van der Waals surface area contributed by atoms with E-state index in [1.54, 1.807) is 0 Å². The van der Waals surface area contributed by atoms with Gasteiger partial charge < -0.3 is 16.6 Å². The van der Waals surface area contributed by atoms with Crippen molar-refractivity contribution in [2.45, 2.75) is 64.4 Å². The first kappa shape index (κ1) is 17.0. The van der Waals surface area contributed by atoms with Crippen molar-refractivity contribution in [1.29, 1.82) is 0 Å². The van der Waals surface area contributed by atoms with Gasteiger partial charge in [-0.3, -0.25) is 4.99 Å². The van der Waals surface area contributed by atoms with Crippen molar-refractivity contribution >= 4 is 5.96 Å². The molecular weight excluding hydrogens is 226 g/mol. The zero-order valence-electron chi connectivity index (χ0n) is 11.6. The van der Waals surface area contributed by atoms with Crippen molar-refractivity contribution < 1.29 is 5.11 Å². The first-order valence-corrected chi connectivity index (χ1v) is 7.05. The van der Waals surface area contributed by atoms with E-state index < -0.39 is 0 Å². The Hall–Kier alpha value is -1.03. The van der Waals surface area contributed by atoms with E-state index in [1.807, 2.05) is 12.2 Å². The van der Waals surface area contributed by atoms with Gasteiger partial charge in [-0.25, -0.2) is 0 Å². The number of rotatable bonds is 11. The van der Waals surface area contributed by atoms with E-state index >= 15 is 0 Å². The second-order valence-corrected chi connectivity index (χ2v) is 4.66. The van der Waals surface area contributed by atoms with Gasteiger partial charge in [0.2, 0.25) is 0 Å². The van der Waals surface area contributed by atoms with Gasteiger partial charge in [0.1, 0.15) is 0 Å². The SMILES string of the molecule is CCCCCCCC(O)CC=CCCN=C(N)N. The zero-order valence-corrected chi connectivity index (χ0v) is 11.6. The number of unbranched alkanes of at least 4 members (excludes halogenated alkanes) is 4. The van der Waals surface area contributed by atoms with Gasteiger partial charge in [0.15, 0.2) is 5.96 Å². The largest absolute Gasteiger partial charge is 0.393 e. The summed E-state index contributed by atoms with van der Waals surface area (Å²) < 4.78 is 0. The molecule has 0 aliphatic rings. The molecule has 0 rings (SSSR count). The van der Waals surface area contributed by atoms with Crippen LogP contribution in [-0.4, -0.2) is 23.7 Å². The summed E-state index contributed by atoms with van der Waals surface area (Å²) in [5.41, 5.74) is 10.4. The highest BCUT2D eigenvalue weighted by Crippen LogP contribution is 2.09. The molecule has 1 atom stereocenters. The Morgan fingerprint density at radius 2 is 1.89 bits per heavy atom. The van der Waals surface area contributed by atoms with Gasteiger partial charge in [0, 0.05) is 6.54 Å². The smallest absolute Gasteiger partial charge is 0.185 e. The second-order valence-electron chi connectivity index (χ2n) is 4.66. The van der Waals surface area contributed by atoms with E-state index in [-0.39, 0.29) is 12.1 Å². The van der Waals surface area contributed by atoms with Crippen LogP contribution in [0.25, 0.3) is 0 Å². The van der Waals surface area contributed by atoms with Crippen LogP contribution in [0.3, 0.4) is 0 Å². The van der Waals surface area contributed by atoms with Crippen molar-refractivity contribution in [2.75, 3.05) is 6.54 Å². The summed E-state index contributed by atoms with van der Waals surface area (Å²) in [4.78, 5) is 3.88. The lowest BCUT2D eigenvalue weighted by Gasteiger charge is -2.07. The van der Waals surface area contributed by atoms with Crippen LogP contribution in [-0.2, 0) is 0 Å². The third kappa shape index (κ3) is 13.0. The van der Waals surface area contributed by atoms with Crippen molar-refractivity contribution in [3.63, 3.8) is 0 Å². The number of hydrogen-bond acceptors (Lipinski definition) is 2. The number of guanidine groups is 1. The highest BCUT2D eigenvalue weighted by molar-refractivity contribution is 5.75. The highest BCUT2D eigenvalue weighted by Gasteiger charge is 2.00. The maximum Gasteiger partial charge on any atom is 0.185 e. The Labute approximate surface area is 111 Å². The Morgan fingerprint density at radius 3 is 2.56 bits per heavy atom.